The molecule has 26 heavy (non-hydrogen) atoms. The summed E-state index contributed by atoms with van der Waals surface area (Å²) in [5.41, 5.74) is 0.587. The van der Waals surface area contributed by atoms with Gasteiger partial charge in [-0.25, -0.2) is 17.8 Å². The lowest BCUT2D eigenvalue weighted by Crippen LogP contribution is -2.44. The summed E-state index contributed by atoms with van der Waals surface area (Å²) in [6, 6.07) is 5.95. The number of nitrogens with zero attached hydrogens (tertiary/aromatic N) is 2. The van der Waals surface area contributed by atoms with Gasteiger partial charge < -0.3 is 19.3 Å². The summed E-state index contributed by atoms with van der Waals surface area (Å²) in [4.78, 5) is -0.00463. The molecule has 0 radical (unpaired) electrons. The number of aliphatic hydroxyl groups is 1. The number of fused-ring (bicyclic) bond motifs is 1. The number of nitrogens with one attached hydrogen (secondary N) is 1. The van der Waals surface area contributed by atoms with E-state index in [-0.39, 0.29) is 23.9 Å². The Morgan fingerprint density at radius 2 is 2.12 bits per heavy atom. The van der Waals surface area contributed by atoms with Crippen LogP contribution in [0.5, 0.6) is 5.75 Å². The lowest BCUT2D eigenvalue weighted by atomic mass is 10.1. The largest absolute Gasteiger partial charge is 0.495 e. The van der Waals surface area contributed by atoms with Crippen LogP contribution in [-0.2, 0) is 19.5 Å². The lowest BCUT2D eigenvalue weighted by Gasteiger charge is -2.19. The average molecular weight is 381 g/mol. The molecule has 0 amide bonds. The third kappa shape index (κ3) is 2.99. The normalized spacial score (nSPS) is 28.2. The Labute approximate surface area is 150 Å². The number of aromatic nitrogens is 2. The average Bonchev–Trinajstić information content (AvgIpc) is 3.35. The quantitative estimate of drug-likeness (QED) is 0.730. The Balaban J connectivity index is 1.64. The van der Waals surface area contributed by atoms with Crippen molar-refractivity contribution in [1.29, 1.82) is 0 Å². The predicted molar refractivity (Wildman–Crippen MR) is 89.7 cm³/mol. The maximum Gasteiger partial charge on any atom is 0.244 e. The highest BCUT2D eigenvalue weighted by molar-refractivity contribution is 7.89. The molecular weight excluding hydrogens is 362 g/mol. The lowest BCUT2D eigenvalue weighted by molar-refractivity contribution is 0.0181. The van der Waals surface area contributed by atoms with E-state index in [1.54, 1.807) is 35.3 Å². The predicted octanol–water partition coefficient (Wildman–Crippen LogP) is -0.314. The van der Waals surface area contributed by atoms with Crippen LogP contribution in [0.2, 0.25) is 0 Å². The van der Waals surface area contributed by atoms with Crippen molar-refractivity contribution in [2.24, 2.45) is 0 Å². The molecule has 2 aliphatic heterocycles. The molecule has 1 aromatic heterocycles. The fraction of sp³-hybridized carbons (Fsp3) is 0.438. The van der Waals surface area contributed by atoms with Crippen LogP contribution in [0.25, 0.3) is 5.69 Å². The van der Waals surface area contributed by atoms with Gasteiger partial charge in [-0.1, -0.05) is 0 Å². The molecule has 0 saturated carbocycles. The van der Waals surface area contributed by atoms with E-state index in [4.69, 9.17) is 14.2 Å². The zero-order chi connectivity index (χ0) is 18.3. The van der Waals surface area contributed by atoms with Crippen molar-refractivity contribution < 1.29 is 27.7 Å². The number of rotatable bonds is 5. The van der Waals surface area contributed by atoms with E-state index >= 15 is 0 Å². The van der Waals surface area contributed by atoms with E-state index in [0.717, 1.165) is 0 Å². The second kappa shape index (κ2) is 6.63. The molecule has 2 aromatic rings. The van der Waals surface area contributed by atoms with Gasteiger partial charge in [0.05, 0.1) is 32.1 Å². The van der Waals surface area contributed by atoms with E-state index in [1.165, 1.54) is 13.2 Å². The molecule has 2 aliphatic rings. The van der Waals surface area contributed by atoms with Gasteiger partial charge in [0.15, 0.2) is 0 Å². The number of benzene rings is 1. The zero-order valence-corrected chi connectivity index (χ0v) is 14.8. The number of methoxy groups -OCH3 is 1. The summed E-state index contributed by atoms with van der Waals surface area (Å²) in [7, 11) is -2.50. The number of ether oxygens (including phenoxy) is 3. The zero-order valence-electron chi connectivity index (χ0n) is 14.0. The van der Waals surface area contributed by atoms with Gasteiger partial charge in [-0.05, 0) is 24.3 Å². The minimum atomic E-state index is -3.91. The first-order chi connectivity index (χ1) is 12.5. The van der Waals surface area contributed by atoms with Crippen molar-refractivity contribution in [1.82, 2.24) is 14.5 Å². The summed E-state index contributed by atoms with van der Waals surface area (Å²) < 4.78 is 46.3. The molecule has 3 heterocycles. The van der Waals surface area contributed by atoms with Gasteiger partial charge >= 0.3 is 0 Å². The Morgan fingerprint density at radius 1 is 1.31 bits per heavy atom. The van der Waals surface area contributed by atoms with Crippen molar-refractivity contribution in [3.8, 4) is 11.4 Å². The van der Waals surface area contributed by atoms with Crippen molar-refractivity contribution >= 4 is 10.0 Å². The molecule has 0 unspecified atom stereocenters. The standard InChI is InChI=1S/C16H19N3O6S/c1-23-13-4-3-10(19-6-2-5-17-19)7-14(13)26(21,22)18-11-8-24-16-12(20)9-25-15(11)16/h2-7,11-12,15-16,18,20H,8-9H2,1H3/t11-,12-,15-,16-/m1/s1. The van der Waals surface area contributed by atoms with Crippen LogP contribution in [0.3, 0.4) is 0 Å². The summed E-state index contributed by atoms with van der Waals surface area (Å²) in [6.07, 6.45) is 1.55. The van der Waals surface area contributed by atoms with Crippen LogP contribution < -0.4 is 9.46 Å². The summed E-state index contributed by atoms with van der Waals surface area (Å²) in [5, 5.41) is 13.9. The number of hydrogen-bond acceptors (Lipinski definition) is 7. The van der Waals surface area contributed by atoms with E-state index < -0.39 is 34.4 Å². The third-order valence-electron chi connectivity index (χ3n) is 4.54. The van der Waals surface area contributed by atoms with Gasteiger partial charge in [0.2, 0.25) is 10.0 Å². The molecule has 2 saturated heterocycles. The van der Waals surface area contributed by atoms with Gasteiger partial charge in [0.1, 0.15) is 29.0 Å². The molecule has 140 valence electrons. The van der Waals surface area contributed by atoms with Crippen LogP contribution in [0.15, 0.2) is 41.6 Å². The Kier molecular flexibility index (Phi) is 4.45. The number of aliphatic hydroxyl groups excluding tert-OH is 1. The highest BCUT2D eigenvalue weighted by atomic mass is 32.2. The van der Waals surface area contributed by atoms with Crippen molar-refractivity contribution in [2.75, 3.05) is 20.3 Å². The van der Waals surface area contributed by atoms with Gasteiger partial charge in [-0.2, -0.15) is 5.10 Å². The minimum Gasteiger partial charge on any atom is -0.495 e. The Morgan fingerprint density at radius 3 is 2.85 bits per heavy atom. The molecule has 1 aromatic carbocycles. The summed E-state index contributed by atoms with van der Waals surface area (Å²) in [6.45, 7) is 0.262. The fourth-order valence-electron chi connectivity index (χ4n) is 3.28. The third-order valence-corrected chi connectivity index (χ3v) is 6.05. The molecule has 0 aliphatic carbocycles. The first-order valence-corrected chi connectivity index (χ1v) is 9.59. The van der Waals surface area contributed by atoms with E-state index in [9.17, 15) is 13.5 Å². The molecule has 4 atom stereocenters. The van der Waals surface area contributed by atoms with Gasteiger partial charge in [0.25, 0.3) is 0 Å². The minimum absolute atomic E-state index is 0.00463. The molecular formula is C16H19N3O6S. The fourth-order valence-corrected chi connectivity index (χ4v) is 4.70. The number of sulfonamides is 1. The molecule has 0 bridgehead atoms. The van der Waals surface area contributed by atoms with Gasteiger partial charge in [0, 0.05) is 12.4 Å². The highest BCUT2D eigenvalue weighted by Crippen LogP contribution is 2.30. The van der Waals surface area contributed by atoms with Crippen molar-refractivity contribution in [3.05, 3.63) is 36.7 Å². The maximum absolute atomic E-state index is 13.0. The van der Waals surface area contributed by atoms with E-state index in [2.05, 4.69) is 9.82 Å². The first-order valence-electron chi connectivity index (χ1n) is 8.11. The van der Waals surface area contributed by atoms with E-state index in [1.807, 2.05) is 0 Å². The molecule has 4 rings (SSSR count). The Hall–Kier alpha value is -1.98. The SMILES string of the molecule is COc1ccc(-n2cccn2)cc1S(=O)(=O)N[C@@H]1CO[C@H]2[C@@H]1OC[C@H]2O. The molecule has 10 heteroatoms. The topological polar surface area (TPSA) is 112 Å². The number of hydrogen-bond donors (Lipinski definition) is 2. The van der Waals surface area contributed by atoms with Crippen LogP contribution in [0.4, 0.5) is 0 Å². The summed E-state index contributed by atoms with van der Waals surface area (Å²) in [5.74, 6) is 0.219. The van der Waals surface area contributed by atoms with Crippen molar-refractivity contribution in [3.63, 3.8) is 0 Å². The first kappa shape index (κ1) is 17.4. The van der Waals surface area contributed by atoms with Gasteiger partial charge in [-0.15, -0.1) is 0 Å². The molecule has 2 fully saturated rings. The summed E-state index contributed by atoms with van der Waals surface area (Å²) >= 11 is 0. The van der Waals surface area contributed by atoms with Crippen molar-refractivity contribution in [2.45, 2.75) is 29.2 Å². The second-order valence-electron chi connectivity index (χ2n) is 6.18. The maximum atomic E-state index is 13.0. The van der Waals surface area contributed by atoms with Crippen LogP contribution in [0.1, 0.15) is 0 Å². The van der Waals surface area contributed by atoms with Crippen LogP contribution in [0, 0.1) is 0 Å². The van der Waals surface area contributed by atoms with Crippen LogP contribution >= 0.6 is 0 Å². The highest BCUT2D eigenvalue weighted by Gasteiger charge is 2.48. The Bertz CT molecular complexity index is 885. The second-order valence-corrected chi connectivity index (χ2v) is 7.86. The monoisotopic (exact) mass is 381 g/mol. The van der Waals surface area contributed by atoms with Crippen LogP contribution in [-0.4, -0.2) is 68.0 Å². The molecule has 9 nitrogen and oxygen atoms in total. The van der Waals surface area contributed by atoms with E-state index in [0.29, 0.717) is 5.69 Å². The molecule has 0 spiro atoms. The smallest absolute Gasteiger partial charge is 0.244 e. The van der Waals surface area contributed by atoms with Gasteiger partial charge in [-0.3, -0.25) is 0 Å². The molecule has 2 N–H and O–H groups in total.